The number of likely N-dealkylation sites (tertiary alicyclic amines) is 1. The summed E-state index contributed by atoms with van der Waals surface area (Å²) in [5, 5.41) is 11.8. The van der Waals surface area contributed by atoms with E-state index < -0.39 is 0 Å². The summed E-state index contributed by atoms with van der Waals surface area (Å²) in [7, 11) is 0. The number of carbonyl (C=O) groups is 1. The highest BCUT2D eigenvalue weighted by atomic mass is 16.1. The third kappa shape index (κ3) is 5.61. The van der Waals surface area contributed by atoms with Gasteiger partial charge >= 0.3 is 0 Å². The highest BCUT2D eigenvalue weighted by Crippen LogP contribution is 2.27. The number of nitriles is 1. The second-order valence-electron chi connectivity index (χ2n) is 6.75. The van der Waals surface area contributed by atoms with E-state index in [1.54, 1.807) is 0 Å². The minimum absolute atomic E-state index is 0.168. The van der Waals surface area contributed by atoms with Crippen LogP contribution in [0.3, 0.4) is 0 Å². The molecule has 0 bridgehead atoms. The van der Waals surface area contributed by atoms with Crippen molar-refractivity contribution in [1.29, 1.82) is 5.26 Å². The van der Waals surface area contributed by atoms with Crippen molar-refractivity contribution in [3.8, 4) is 6.07 Å². The van der Waals surface area contributed by atoms with Crippen LogP contribution < -0.4 is 5.32 Å². The number of rotatable bonds is 4. The van der Waals surface area contributed by atoms with Gasteiger partial charge in [0, 0.05) is 25.6 Å². The molecule has 1 rings (SSSR count). The molecular formula is C15H27N3O. The first kappa shape index (κ1) is 16.0. The van der Waals surface area contributed by atoms with E-state index in [0.29, 0.717) is 18.9 Å². The summed E-state index contributed by atoms with van der Waals surface area (Å²) in [5.74, 6) is 0.548. The molecule has 4 nitrogen and oxygen atoms in total. The summed E-state index contributed by atoms with van der Waals surface area (Å²) in [6.07, 6.45) is 2.51. The zero-order chi connectivity index (χ0) is 14.5. The quantitative estimate of drug-likeness (QED) is 0.793. The number of piperidine rings is 1. The van der Waals surface area contributed by atoms with Gasteiger partial charge in [0.15, 0.2) is 0 Å². The summed E-state index contributed by atoms with van der Waals surface area (Å²) in [6, 6.07) is 2.46. The first-order valence-electron chi connectivity index (χ1n) is 7.21. The van der Waals surface area contributed by atoms with Crippen LogP contribution in [0.25, 0.3) is 0 Å². The molecule has 1 heterocycles. The Bertz CT molecular complexity index is 332. The summed E-state index contributed by atoms with van der Waals surface area (Å²) in [4.78, 5) is 14.1. The van der Waals surface area contributed by atoms with E-state index in [4.69, 9.17) is 5.26 Å². The van der Waals surface area contributed by atoms with Crippen molar-refractivity contribution in [2.75, 3.05) is 19.6 Å². The van der Waals surface area contributed by atoms with E-state index in [1.807, 2.05) is 0 Å². The molecule has 1 aliphatic rings. The van der Waals surface area contributed by atoms with Gasteiger partial charge in [0.25, 0.3) is 0 Å². The second kappa shape index (κ2) is 6.91. The number of hydrogen-bond donors (Lipinski definition) is 1. The monoisotopic (exact) mass is 265 g/mol. The summed E-state index contributed by atoms with van der Waals surface area (Å²) < 4.78 is 0. The number of carbonyl (C=O) groups excluding carboxylic acids is 1. The highest BCUT2D eigenvalue weighted by molar-refractivity contribution is 5.76. The smallest absolute Gasteiger partial charge is 0.220 e. The van der Waals surface area contributed by atoms with Gasteiger partial charge in [0.1, 0.15) is 0 Å². The first-order valence-corrected chi connectivity index (χ1v) is 7.21. The molecule has 108 valence electrons. The van der Waals surface area contributed by atoms with Gasteiger partial charge < -0.3 is 5.32 Å². The van der Waals surface area contributed by atoms with Crippen LogP contribution in [-0.4, -0.2) is 36.5 Å². The molecule has 19 heavy (non-hydrogen) atoms. The third-order valence-corrected chi connectivity index (χ3v) is 4.22. The minimum Gasteiger partial charge on any atom is -0.353 e. The van der Waals surface area contributed by atoms with E-state index in [2.05, 4.69) is 44.0 Å². The lowest BCUT2D eigenvalue weighted by Gasteiger charge is -2.32. The average Bonchev–Trinajstić information content (AvgIpc) is 2.30. The molecule has 0 radical (unpaired) electrons. The van der Waals surface area contributed by atoms with Gasteiger partial charge in [0.05, 0.1) is 12.6 Å². The molecular weight excluding hydrogens is 238 g/mol. The van der Waals surface area contributed by atoms with Gasteiger partial charge in [0.2, 0.25) is 5.91 Å². The topological polar surface area (TPSA) is 56.1 Å². The van der Waals surface area contributed by atoms with E-state index in [-0.39, 0.29) is 17.4 Å². The maximum absolute atomic E-state index is 12.0. The molecule has 0 spiro atoms. The molecule has 1 unspecified atom stereocenters. The zero-order valence-corrected chi connectivity index (χ0v) is 12.7. The van der Waals surface area contributed by atoms with Crippen molar-refractivity contribution in [3.05, 3.63) is 0 Å². The Kier molecular flexibility index (Phi) is 5.81. The summed E-state index contributed by atoms with van der Waals surface area (Å²) in [5.41, 5.74) is 0.174. The van der Waals surface area contributed by atoms with Gasteiger partial charge in [-0.1, -0.05) is 27.7 Å². The number of amides is 1. The molecule has 1 fully saturated rings. The SMILES string of the molecule is CC(CC(=O)NC1CCN(CC#N)CC1)C(C)(C)C. The van der Waals surface area contributed by atoms with Crippen molar-refractivity contribution >= 4 is 5.91 Å². The van der Waals surface area contributed by atoms with Gasteiger partial charge in [-0.15, -0.1) is 0 Å². The predicted molar refractivity (Wildman–Crippen MR) is 76.5 cm³/mol. The Morgan fingerprint density at radius 2 is 2.00 bits per heavy atom. The first-order chi connectivity index (χ1) is 8.82. The largest absolute Gasteiger partial charge is 0.353 e. The standard InChI is InChI=1S/C15H27N3O/c1-12(15(2,3)4)11-14(19)17-13-5-8-18(9-6-13)10-7-16/h12-13H,5-6,8-11H2,1-4H3,(H,17,19). The maximum atomic E-state index is 12.0. The van der Waals surface area contributed by atoms with Crippen molar-refractivity contribution in [2.45, 2.75) is 53.0 Å². The van der Waals surface area contributed by atoms with Crippen LogP contribution in [0.4, 0.5) is 0 Å². The predicted octanol–water partition coefficient (Wildman–Crippen LogP) is 2.16. The van der Waals surface area contributed by atoms with Crippen LogP contribution in [0.5, 0.6) is 0 Å². The third-order valence-electron chi connectivity index (χ3n) is 4.22. The van der Waals surface area contributed by atoms with Crippen molar-refractivity contribution in [2.24, 2.45) is 11.3 Å². The van der Waals surface area contributed by atoms with Crippen molar-refractivity contribution in [3.63, 3.8) is 0 Å². The molecule has 0 saturated carbocycles. The van der Waals surface area contributed by atoms with Crippen LogP contribution in [0.1, 0.15) is 47.0 Å². The molecule has 1 aliphatic heterocycles. The molecule has 0 aromatic heterocycles. The lowest BCUT2D eigenvalue weighted by molar-refractivity contribution is -0.123. The van der Waals surface area contributed by atoms with Crippen molar-refractivity contribution < 1.29 is 4.79 Å². The van der Waals surface area contributed by atoms with E-state index in [1.165, 1.54) is 0 Å². The van der Waals surface area contributed by atoms with Gasteiger partial charge in [-0.3, -0.25) is 9.69 Å². The maximum Gasteiger partial charge on any atom is 0.220 e. The number of hydrogen-bond acceptors (Lipinski definition) is 3. The molecule has 4 heteroatoms. The minimum atomic E-state index is 0.168. The van der Waals surface area contributed by atoms with E-state index in [0.717, 1.165) is 25.9 Å². The Hall–Kier alpha value is -1.08. The number of nitrogens with one attached hydrogen (secondary N) is 1. The Morgan fingerprint density at radius 1 is 1.42 bits per heavy atom. The zero-order valence-electron chi connectivity index (χ0n) is 12.7. The molecule has 1 amide bonds. The Balaban J connectivity index is 2.29. The van der Waals surface area contributed by atoms with Crippen LogP contribution in [-0.2, 0) is 4.79 Å². The fourth-order valence-electron chi connectivity index (χ4n) is 2.21. The van der Waals surface area contributed by atoms with Crippen LogP contribution in [0, 0.1) is 22.7 Å². The van der Waals surface area contributed by atoms with Gasteiger partial charge in [-0.25, -0.2) is 0 Å². The van der Waals surface area contributed by atoms with Crippen molar-refractivity contribution in [1.82, 2.24) is 10.2 Å². The fraction of sp³-hybridized carbons (Fsp3) is 0.867. The lowest BCUT2D eigenvalue weighted by Crippen LogP contribution is -2.45. The highest BCUT2D eigenvalue weighted by Gasteiger charge is 2.25. The van der Waals surface area contributed by atoms with Crippen LogP contribution in [0.2, 0.25) is 0 Å². The van der Waals surface area contributed by atoms with E-state index in [9.17, 15) is 4.79 Å². The molecule has 1 atom stereocenters. The molecule has 1 N–H and O–H groups in total. The average molecular weight is 265 g/mol. The van der Waals surface area contributed by atoms with Gasteiger partial charge in [-0.05, 0) is 24.2 Å². The molecule has 1 saturated heterocycles. The van der Waals surface area contributed by atoms with Crippen LogP contribution >= 0.6 is 0 Å². The Morgan fingerprint density at radius 3 is 2.47 bits per heavy atom. The molecule has 0 aliphatic carbocycles. The van der Waals surface area contributed by atoms with Crippen LogP contribution in [0.15, 0.2) is 0 Å². The molecule has 0 aromatic rings. The fourth-order valence-corrected chi connectivity index (χ4v) is 2.21. The second-order valence-corrected chi connectivity index (χ2v) is 6.75. The number of nitrogens with zero attached hydrogens (tertiary/aromatic N) is 2. The Labute approximate surface area is 117 Å². The normalized spacial score (nSPS) is 19.7. The van der Waals surface area contributed by atoms with E-state index >= 15 is 0 Å². The molecule has 0 aromatic carbocycles. The lowest BCUT2D eigenvalue weighted by atomic mass is 9.80. The summed E-state index contributed by atoms with van der Waals surface area (Å²) in [6.45, 7) is 11.0. The summed E-state index contributed by atoms with van der Waals surface area (Å²) >= 11 is 0. The van der Waals surface area contributed by atoms with Gasteiger partial charge in [-0.2, -0.15) is 5.26 Å².